The number of amides is 1. The van der Waals surface area contributed by atoms with E-state index in [9.17, 15) is 32.3 Å². The van der Waals surface area contributed by atoms with Crippen LogP contribution in [0.2, 0.25) is 0 Å². The Kier molecular flexibility index (Phi) is 8.31. The quantitative estimate of drug-likeness (QED) is 0.311. The lowest BCUT2D eigenvalue weighted by Crippen LogP contribution is -2.33. The normalized spacial score (nSPS) is 16.3. The maximum absolute atomic E-state index is 14.5. The van der Waals surface area contributed by atoms with E-state index in [1.54, 1.807) is 12.4 Å². The maximum Gasteiger partial charge on any atom is 0.416 e. The van der Waals surface area contributed by atoms with Crippen molar-refractivity contribution in [2.45, 2.75) is 56.7 Å². The number of aromatic nitrogens is 2. The second-order valence-electron chi connectivity index (χ2n) is 11.7. The van der Waals surface area contributed by atoms with Crippen molar-refractivity contribution in [3.63, 3.8) is 0 Å². The van der Waals surface area contributed by atoms with Gasteiger partial charge >= 0.3 is 6.18 Å². The summed E-state index contributed by atoms with van der Waals surface area (Å²) in [6.07, 6.45) is 2.31. The van der Waals surface area contributed by atoms with Gasteiger partial charge in [-0.1, -0.05) is 12.1 Å². The van der Waals surface area contributed by atoms with Gasteiger partial charge in [-0.3, -0.25) is 9.48 Å². The van der Waals surface area contributed by atoms with Gasteiger partial charge in [-0.2, -0.15) is 18.3 Å². The first kappa shape index (κ1) is 30.2. The highest BCUT2D eigenvalue weighted by molar-refractivity contribution is 6.03. The fraction of sp³-hybridized carbons (Fsp3) is 0.433. The molecule has 0 bridgehead atoms. The summed E-state index contributed by atoms with van der Waals surface area (Å²) >= 11 is 0. The van der Waals surface area contributed by atoms with Crippen LogP contribution >= 0.6 is 0 Å². The van der Waals surface area contributed by atoms with E-state index in [2.05, 4.69) is 38.5 Å². The number of carboxylic acid groups (broad SMARTS) is 1. The number of alkyl halides is 3. The number of nitrogens with one attached hydrogen (secondary N) is 1. The summed E-state index contributed by atoms with van der Waals surface area (Å²) < 4.78 is 56.0. The van der Waals surface area contributed by atoms with Gasteiger partial charge in [0.2, 0.25) is 5.91 Å². The monoisotopic (exact) mass is 574 g/mol. The number of carbonyl (C=O) groups excluding carboxylic acids is 2. The van der Waals surface area contributed by atoms with E-state index < -0.39 is 34.8 Å². The smallest absolute Gasteiger partial charge is 0.416 e. The predicted molar refractivity (Wildman–Crippen MR) is 144 cm³/mol. The molecule has 0 saturated heterocycles. The molecule has 5 rings (SSSR count). The van der Waals surface area contributed by atoms with Crippen molar-refractivity contribution < 1.29 is 36.7 Å². The molecule has 41 heavy (non-hydrogen) atoms. The van der Waals surface area contributed by atoms with Crippen molar-refractivity contribution in [1.82, 2.24) is 9.78 Å². The highest BCUT2D eigenvalue weighted by Gasteiger charge is 2.53. The first-order valence-corrected chi connectivity index (χ1v) is 13.5. The average molecular weight is 575 g/mol. The van der Waals surface area contributed by atoms with Crippen LogP contribution in [0.4, 0.5) is 23.2 Å². The van der Waals surface area contributed by atoms with E-state index in [-0.39, 0.29) is 29.7 Å². The lowest BCUT2D eigenvalue weighted by Gasteiger charge is -2.25. The molecule has 1 N–H and O–H groups in total. The molecule has 0 aliphatic heterocycles. The first-order chi connectivity index (χ1) is 19.1. The number of carboxylic acids is 1. The van der Waals surface area contributed by atoms with E-state index >= 15 is 0 Å². The number of halogens is 4. The Hall–Kier alpha value is -3.73. The van der Waals surface area contributed by atoms with Crippen LogP contribution < -0.4 is 10.4 Å². The molecule has 11 heteroatoms. The van der Waals surface area contributed by atoms with Crippen LogP contribution in [-0.4, -0.2) is 53.8 Å². The molecule has 220 valence electrons. The van der Waals surface area contributed by atoms with E-state index in [0.717, 1.165) is 35.9 Å². The standard InChI is InChI=1S/C25H21F4N3O3.C5H14N/c26-21-10-15(25(27,28)29)4-7-20(21)24(8-9-24)23(35)31-16-5-6-18(19(11-16)22(33)34)14-12-30-32(13-14)17-2-1-3-17;1-5-6(2,3)4/h4-7,10-13,17H,1-3,8-9H2,(H,31,35)(H,33,34);5H2,1-4H3/q;+1/p-1. The number of quaternary nitrogens is 1. The molecule has 1 amide bonds. The Balaban J connectivity index is 0.000000585. The minimum Gasteiger partial charge on any atom is -0.545 e. The largest absolute Gasteiger partial charge is 0.545 e. The third-order valence-electron chi connectivity index (χ3n) is 7.80. The van der Waals surface area contributed by atoms with Crippen molar-refractivity contribution in [2.75, 3.05) is 33.0 Å². The maximum atomic E-state index is 14.5. The summed E-state index contributed by atoms with van der Waals surface area (Å²) in [5.74, 6) is -3.17. The first-order valence-electron chi connectivity index (χ1n) is 13.5. The van der Waals surface area contributed by atoms with Gasteiger partial charge in [0, 0.05) is 28.6 Å². The molecule has 7 nitrogen and oxygen atoms in total. The third kappa shape index (κ3) is 6.78. The third-order valence-corrected chi connectivity index (χ3v) is 7.80. The zero-order chi connectivity index (χ0) is 30.2. The lowest BCUT2D eigenvalue weighted by atomic mass is 9.92. The molecule has 0 radical (unpaired) electrons. The number of anilines is 1. The summed E-state index contributed by atoms with van der Waals surface area (Å²) in [6, 6.07) is 6.71. The van der Waals surface area contributed by atoms with Gasteiger partial charge in [0.05, 0.1) is 56.9 Å². The lowest BCUT2D eigenvalue weighted by molar-refractivity contribution is -0.868. The van der Waals surface area contributed by atoms with Gasteiger partial charge < -0.3 is 19.7 Å². The van der Waals surface area contributed by atoms with Gasteiger partial charge in [0.1, 0.15) is 5.82 Å². The zero-order valence-corrected chi connectivity index (χ0v) is 23.5. The SMILES string of the molecule is CC[N+](C)(C)C.O=C([O-])c1cc(NC(=O)C2(c3ccc(C(F)(F)F)cc3F)CC2)ccc1-c1cnn(C2CCC2)c1. The minimum atomic E-state index is -4.70. The number of benzene rings is 2. The van der Waals surface area contributed by atoms with Crippen molar-refractivity contribution in [1.29, 1.82) is 0 Å². The summed E-state index contributed by atoms with van der Waals surface area (Å²) in [6.45, 7) is 3.39. The Labute approximate surface area is 236 Å². The Morgan fingerprint density at radius 2 is 1.78 bits per heavy atom. The van der Waals surface area contributed by atoms with Gasteiger partial charge in [-0.25, -0.2) is 4.39 Å². The summed E-state index contributed by atoms with van der Waals surface area (Å²) in [5.41, 5.74) is -1.58. The molecule has 1 aromatic heterocycles. The fourth-order valence-electron chi connectivity index (χ4n) is 4.44. The highest BCUT2D eigenvalue weighted by atomic mass is 19.4. The summed E-state index contributed by atoms with van der Waals surface area (Å²) in [5, 5.41) is 18.7. The molecule has 2 aliphatic rings. The van der Waals surface area contributed by atoms with Gasteiger partial charge in [-0.15, -0.1) is 0 Å². The Morgan fingerprint density at radius 1 is 1.12 bits per heavy atom. The van der Waals surface area contributed by atoms with Crippen LogP contribution in [0.15, 0.2) is 48.8 Å². The molecule has 3 aromatic rings. The van der Waals surface area contributed by atoms with Crippen molar-refractivity contribution in [3.05, 3.63) is 71.3 Å². The van der Waals surface area contributed by atoms with Crippen molar-refractivity contribution in [2.24, 2.45) is 0 Å². The second-order valence-corrected chi connectivity index (χ2v) is 11.7. The van der Waals surface area contributed by atoms with Crippen LogP contribution in [0.5, 0.6) is 0 Å². The van der Waals surface area contributed by atoms with E-state index in [4.69, 9.17) is 0 Å². The van der Waals surface area contributed by atoms with Crippen LogP contribution in [0.25, 0.3) is 11.1 Å². The van der Waals surface area contributed by atoms with Crippen LogP contribution in [0.1, 0.15) is 66.6 Å². The fourth-order valence-corrected chi connectivity index (χ4v) is 4.44. The topological polar surface area (TPSA) is 87.0 Å². The van der Waals surface area contributed by atoms with Gasteiger partial charge in [0.15, 0.2) is 0 Å². The number of hydrogen-bond acceptors (Lipinski definition) is 4. The Morgan fingerprint density at radius 3 is 2.27 bits per heavy atom. The minimum absolute atomic E-state index is 0.122. The average Bonchev–Trinajstić information content (AvgIpc) is 3.53. The molecule has 0 atom stereocenters. The van der Waals surface area contributed by atoms with Gasteiger partial charge in [-0.05, 0) is 68.9 Å². The number of hydrogen-bond donors (Lipinski definition) is 1. The van der Waals surface area contributed by atoms with E-state index in [1.807, 2.05) is 4.68 Å². The molecular formula is C30H34F4N4O3. The number of rotatable bonds is 7. The van der Waals surface area contributed by atoms with E-state index in [1.165, 1.54) is 24.7 Å². The van der Waals surface area contributed by atoms with Gasteiger partial charge in [0.25, 0.3) is 0 Å². The summed E-state index contributed by atoms with van der Waals surface area (Å²) in [7, 11) is 6.54. The summed E-state index contributed by atoms with van der Waals surface area (Å²) in [4.78, 5) is 24.8. The number of nitrogens with zero attached hydrogens (tertiary/aromatic N) is 3. The Bertz CT molecular complexity index is 1430. The van der Waals surface area contributed by atoms with Crippen LogP contribution in [-0.2, 0) is 16.4 Å². The molecular weight excluding hydrogens is 540 g/mol. The molecule has 0 spiro atoms. The van der Waals surface area contributed by atoms with Crippen LogP contribution in [0.3, 0.4) is 0 Å². The molecule has 2 fully saturated rings. The molecule has 0 unspecified atom stereocenters. The van der Waals surface area contributed by atoms with Crippen LogP contribution in [0, 0.1) is 5.82 Å². The van der Waals surface area contributed by atoms with Crippen molar-refractivity contribution in [3.8, 4) is 11.1 Å². The molecule has 2 aliphatic carbocycles. The number of carbonyl (C=O) groups is 2. The predicted octanol–water partition coefficient (Wildman–Crippen LogP) is 5.18. The molecule has 2 aromatic carbocycles. The number of aromatic carboxylic acids is 1. The van der Waals surface area contributed by atoms with E-state index in [0.29, 0.717) is 23.2 Å². The molecule has 1 heterocycles. The highest BCUT2D eigenvalue weighted by Crippen LogP contribution is 2.50. The second kappa shape index (κ2) is 11.3. The zero-order valence-electron chi connectivity index (χ0n) is 23.5. The molecule has 2 saturated carbocycles. The van der Waals surface area contributed by atoms with Crippen molar-refractivity contribution >= 4 is 17.6 Å².